The molecule has 0 aromatic carbocycles. The molecule has 0 bridgehead atoms. The molecule has 0 aliphatic heterocycles. The summed E-state index contributed by atoms with van der Waals surface area (Å²) in [6.07, 6.45) is 2.23. The molecule has 0 rings (SSSR count). The zero-order chi connectivity index (χ0) is 12.7. The maximum Gasteiger partial charge on any atom is 0.490 e. The van der Waals surface area contributed by atoms with E-state index in [2.05, 4.69) is 24.6 Å². The normalized spacial score (nSPS) is 12.3. The van der Waals surface area contributed by atoms with Crippen LogP contribution in [0.2, 0.25) is 25.7 Å². The Morgan fingerprint density at radius 3 is 2.12 bits per heavy atom. The maximum absolute atomic E-state index is 9.93. The predicted molar refractivity (Wildman–Crippen MR) is 66.6 cm³/mol. The monoisotopic (exact) mass is 263 g/mol. The van der Waals surface area contributed by atoms with Crippen LogP contribution < -0.4 is 0 Å². The molecule has 0 aliphatic carbocycles. The Kier molecular flexibility index (Phi) is 6.97. The highest BCUT2D eigenvalue weighted by Gasteiger charge is 2.42. The molecule has 0 fully saturated rings. The van der Waals surface area contributed by atoms with Crippen LogP contribution in [0.3, 0.4) is 0 Å². The zero-order valence-corrected chi connectivity index (χ0v) is 12.7. The van der Waals surface area contributed by atoms with Gasteiger partial charge >= 0.3 is 8.80 Å². The minimum Gasteiger partial charge on any atom is -0.416 e. The molecule has 0 aliphatic rings. The zero-order valence-electron chi connectivity index (χ0n) is 10.7. The van der Waals surface area contributed by atoms with Crippen LogP contribution >= 0.6 is 0 Å². The molecule has 0 radical (unpaired) electrons. The number of isocyanates is 1. The topological polar surface area (TPSA) is 57.1 Å². The molecule has 0 atom stereocenters. The van der Waals surface area contributed by atoms with Gasteiger partial charge in [-0.1, -0.05) is 0 Å². The first kappa shape index (κ1) is 15.7. The Bertz CT molecular complexity index is 244. The molecule has 0 saturated carbocycles. The van der Waals surface area contributed by atoms with Crippen LogP contribution in [-0.2, 0) is 17.8 Å². The number of hydrogen-bond donors (Lipinski definition) is 0. The van der Waals surface area contributed by atoms with Gasteiger partial charge in [0.1, 0.15) is 0 Å². The maximum atomic E-state index is 9.93. The predicted octanol–water partition coefficient (Wildman–Crippen LogP) is 1.80. The summed E-state index contributed by atoms with van der Waals surface area (Å²) in [7, 11) is -1.04. The molecule has 16 heavy (non-hydrogen) atoms. The van der Waals surface area contributed by atoms with Crippen molar-refractivity contribution >= 4 is 23.2 Å². The number of carbonyl (C=O) groups excluding carboxylic acids is 1. The van der Waals surface area contributed by atoms with Gasteiger partial charge in [0.05, 0.1) is 6.54 Å². The molecular formula is C9H21NO4Si2. The molecular weight excluding hydrogens is 242 g/mol. The molecule has 0 aromatic heterocycles. The summed E-state index contributed by atoms with van der Waals surface area (Å²) in [5.74, 6) is 0. The second kappa shape index (κ2) is 7.10. The van der Waals surface area contributed by atoms with Gasteiger partial charge < -0.3 is 13.0 Å². The molecule has 7 heteroatoms. The van der Waals surface area contributed by atoms with Crippen molar-refractivity contribution in [1.82, 2.24) is 0 Å². The first-order valence-electron chi connectivity index (χ1n) is 5.23. The van der Waals surface area contributed by atoms with Crippen molar-refractivity contribution in [3.63, 3.8) is 0 Å². The van der Waals surface area contributed by atoms with E-state index in [0.29, 0.717) is 19.0 Å². The van der Waals surface area contributed by atoms with Crippen LogP contribution in [0.4, 0.5) is 0 Å². The van der Waals surface area contributed by atoms with E-state index in [1.165, 1.54) is 6.08 Å². The summed E-state index contributed by atoms with van der Waals surface area (Å²) in [4.78, 5) is 13.4. The Balaban J connectivity index is 4.37. The third-order valence-electron chi connectivity index (χ3n) is 1.90. The molecule has 0 spiro atoms. The second-order valence-corrected chi connectivity index (χ2v) is 12.1. The lowest BCUT2D eigenvalue weighted by molar-refractivity contribution is 0.157. The average Bonchev–Trinajstić information content (AvgIpc) is 2.21. The Morgan fingerprint density at radius 2 is 1.75 bits per heavy atom. The van der Waals surface area contributed by atoms with Crippen LogP contribution in [0, 0.1) is 0 Å². The van der Waals surface area contributed by atoms with E-state index >= 15 is 0 Å². The molecule has 5 nitrogen and oxygen atoms in total. The SMILES string of the molecule is CO[Si](CCCN=C=O)(OC)O[Si](C)(C)C. The van der Waals surface area contributed by atoms with Crippen LogP contribution in [0.1, 0.15) is 6.42 Å². The fourth-order valence-corrected chi connectivity index (χ4v) is 7.28. The number of hydrogen-bond acceptors (Lipinski definition) is 5. The Hall–Kier alpha value is -0.306. The minimum atomic E-state index is -2.56. The molecule has 94 valence electrons. The fourth-order valence-electron chi connectivity index (χ4n) is 1.31. The molecule has 0 N–H and O–H groups in total. The summed E-state index contributed by atoms with van der Waals surface area (Å²) in [6, 6.07) is 0.676. The van der Waals surface area contributed by atoms with E-state index in [0.717, 1.165) is 0 Å². The van der Waals surface area contributed by atoms with E-state index in [1.807, 2.05) is 0 Å². The quantitative estimate of drug-likeness (QED) is 0.290. The van der Waals surface area contributed by atoms with Gasteiger partial charge in [0.15, 0.2) is 8.32 Å². The van der Waals surface area contributed by atoms with Crippen molar-refractivity contribution in [3.05, 3.63) is 0 Å². The summed E-state index contributed by atoms with van der Waals surface area (Å²) in [6.45, 7) is 6.73. The highest BCUT2D eigenvalue weighted by atomic mass is 28.5. The van der Waals surface area contributed by atoms with Crippen LogP contribution in [0.25, 0.3) is 0 Å². The van der Waals surface area contributed by atoms with Crippen molar-refractivity contribution in [1.29, 1.82) is 0 Å². The summed E-state index contributed by atoms with van der Waals surface area (Å²) in [5, 5.41) is 0. The fraction of sp³-hybridized carbons (Fsp3) is 0.889. The van der Waals surface area contributed by atoms with Gasteiger partial charge in [-0.15, -0.1) is 0 Å². The van der Waals surface area contributed by atoms with E-state index in [-0.39, 0.29) is 0 Å². The summed E-state index contributed by atoms with van der Waals surface area (Å²) < 4.78 is 16.9. The van der Waals surface area contributed by atoms with E-state index in [9.17, 15) is 4.79 Å². The van der Waals surface area contributed by atoms with Gasteiger partial charge in [0.25, 0.3) is 0 Å². The number of rotatable bonds is 8. The second-order valence-electron chi connectivity index (χ2n) is 4.38. The molecule has 0 aromatic rings. The molecule has 0 heterocycles. The lowest BCUT2D eigenvalue weighted by atomic mass is 10.5. The first-order chi connectivity index (χ1) is 7.39. The number of nitrogens with zero attached hydrogens (tertiary/aromatic N) is 1. The lowest BCUT2D eigenvalue weighted by Gasteiger charge is -2.32. The smallest absolute Gasteiger partial charge is 0.416 e. The highest BCUT2D eigenvalue weighted by Crippen LogP contribution is 2.21. The van der Waals surface area contributed by atoms with Gasteiger partial charge in [-0.25, -0.2) is 9.79 Å². The Labute approximate surface area is 99.3 Å². The van der Waals surface area contributed by atoms with Crippen molar-refractivity contribution < 1.29 is 17.8 Å². The van der Waals surface area contributed by atoms with Gasteiger partial charge in [-0.3, -0.25) is 0 Å². The van der Waals surface area contributed by atoms with Crippen LogP contribution in [-0.4, -0.2) is 44.0 Å². The largest absolute Gasteiger partial charge is 0.490 e. The Morgan fingerprint density at radius 1 is 1.19 bits per heavy atom. The van der Waals surface area contributed by atoms with E-state index < -0.39 is 17.1 Å². The van der Waals surface area contributed by atoms with E-state index in [4.69, 9.17) is 13.0 Å². The van der Waals surface area contributed by atoms with Crippen molar-refractivity contribution in [2.45, 2.75) is 32.1 Å². The summed E-state index contributed by atoms with van der Waals surface area (Å²) >= 11 is 0. The molecule has 0 amide bonds. The van der Waals surface area contributed by atoms with Crippen molar-refractivity contribution in [2.24, 2.45) is 4.99 Å². The van der Waals surface area contributed by atoms with Crippen LogP contribution in [0.15, 0.2) is 4.99 Å². The van der Waals surface area contributed by atoms with Gasteiger partial charge in [0.2, 0.25) is 6.08 Å². The lowest BCUT2D eigenvalue weighted by Crippen LogP contribution is -2.51. The van der Waals surface area contributed by atoms with Gasteiger partial charge in [-0.2, -0.15) is 0 Å². The number of aliphatic imine (C=N–C) groups is 1. The standard InChI is InChI=1S/C9H21NO4Si2/c1-12-16(13-2,14-15(3,4)5)8-6-7-10-9-11/h6-8H2,1-5H3. The van der Waals surface area contributed by atoms with Crippen molar-refractivity contribution in [2.75, 3.05) is 20.8 Å². The third kappa shape index (κ3) is 6.31. The van der Waals surface area contributed by atoms with E-state index in [1.54, 1.807) is 14.2 Å². The first-order valence-corrected chi connectivity index (χ1v) is 10.6. The highest BCUT2D eigenvalue weighted by molar-refractivity contribution is 6.79. The van der Waals surface area contributed by atoms with Gasteiger partial charge in [-0.05, 0) is 26.1 Å². The molecule has 0 saturated heterocycles. The molecule has 0 unspecified atom stereocenters. The summed E-state index contributed by atoms with van der Waals surface area (Å²) in [5.41, 5.74) is 0. The minimum absolute atomic E-state index is 0.444. The van der Waals surface area contributed by atoms with Crippen molar-refractivity contribution in [3.8, 4) is 0 Å². The third-order valence-corrected chi connectivity index (χ3v) is 7.80. The van der Waals surface area contributed by atoms with Crippen LogP contribution in [0.5, 0.6) is 0 Å². The average molecular weight is 263 g/mol. The van der Waals surface area contributed by atoms with Gasteiger partial charge in [0, 0.05) is 20.3 Å².